The van der Waals surface area contributed by atoms with Crippen molar-refractivity contribution < 1.29 is 14.0 Å². The number of nitrogens with one attached hydrogen (secondary N) is 2. The zero-order valence-corrected chi connectivity index (χ0v) is 16.8. The third kappa shape index (κ3) is 4.89. The number of nitrogens with zero attached hydrogens (tertiary/aromatic N) is 3. The van der Waals surface area contributed by atoms with E-state index in [0.717, 1.165) is 31.0 Å². The number of aromatic nitrogens is 3. The van der Waals surface area contributed by atoms with Crippen molar-refractivity contribution in [2.75, 3.05) is 5.75 Å². The molecule has 1 aliphatic rings. The highest BCUT2D eigenvalue weighted by atomic mass is 32.2. The van der Waals surface area contributed by atoms with Crippen molar-refractivity contribution in [2.45, 2.75) is 43.8 Å². The second kappa shape index (κ2) is 9.18. The molecule has 1 aliphatic carbocycles. The van der Waals surface area contributed by atoms with Crippen molar-refractivity contribution >= 4 is 23.7 Å². The maximum Gasteiger partial charge on any atom is 0.321 e. The predicted molar refractivity (Wildman–Crippen MR) is 105 cm³/mol. The molecule has 3 rings (SSSR count). The molecular formula is C19H24FN5O2S. The molecule has 150 valence electrons. The summed E-state index contributed by atoms with van der Waals surface area (Å²) in [5, 5.41) is 13.7. The van der Waals surface area contributed by atoms with Gasteiger partial charge in [-0.2, -0.15) is 0 Å². The van der Waals surface area contributed by atoms with Gasteiger partial charge in [0.15, 0.2) is 11.0 Å². The molecule has 0 radical (unpaired) electrons. The molecule has 7 nitrogen and oxygen atoms in total. The minimum absolute atomic E-state index is 0.0108. The Balaban J connectivity index is 1.52. The highest BCUT2D eigenvalue weighted by molar-refractivity contribution is 7.99. The van der Waals surface area contributed by atoms with Crippen molar-refractivity contribution in [2.24, 2.45) is 13.0 Å². The lowest BCUT2D eigenvalue weighted by atomic mass is 9.86. The van der Waals surface area contributed by atoms with Crippen LogP contribution >= 0.6 is 11.8 Å². The van der Waals surface area contributed by atoms with E-state index in [9.17, 15) is 14.0 Å². The van der Waals surface area contributed by atoms with E-state index in [2.05, 4.69) is 27.8 Å². The number of halogens is 1. The standard InChI is InChI=1S/C19H24FN5O2S/c1-12-7-3-6-10-15(12)21-18(27)22-16(26)11-28-19-24-23-17(25(19)2)13-8-4-5-9-14(13)20/h4-5,8-9,12,15H,3,6-7,10-11H2,1-2H3,(H2,21,22,26,27)/t12-,15+/m1/s1. The summed E-state index contributed by atoms with van der Waals surface area (Å²) in [7, 11) is 1.71. The smallest absolute Gasteiger partial charge is 0.321 e. The van der Waals surface area contributed by atoms with Gasteiger partial charge in [-0.3, -0.25) is 10.1 Å². The van der Waals surface area contributed by atoms with E-state index >= 15 is 0 Å². The van der Waals surface area contributed by atoms with Crippen LogP contribution in [0.15, 0.2) is 29.4 Å². The third-order valence-corrected chi connectivity index (χ3v) is 5.98. The SMILES string of the molecule is C[C@@H]1CCCC[C@@H]1NC(=O)NC(=O)CSc1nnc(-c2ccccc2F)n1C. The van der Waals surface area contributed by atoms with Crippen molar-refractivity contribution in [3.8, 4) is 11.4 Å². The lowest BCUT2D eigenvalue weighted by Crippen LogP contribution is -2.48. The molecule has 2 atom stereocenters. The quantitative estimate of drug-likeness (QED) is 0.746. The first-order valence-corrected chi connectivity index (χ1v) is 10.3. The fourth-order valence-corrected chi connectivity index (χ4v) is 4.06. The van der Waals surface area contributed by atoms with Crippen LogP contribution in [0, 0.1) is 11.7 Å². The molecule has 0 unspecified atom stereocenters. The first-order chi connectivity index (χ1) is 13.5. The number of amides is 3. The molecule has 1 aromatic carbocycles. The van der Waals surface area contributed by atoms with E-state index in [1.807, 2.05) is 0 Å². The summed E-state index contributed by atoms with van der Waals surface area (Å²) in [6.45, 7) is 2.11. The summed E-state index contributed by atoms with van der Waals surface area (Å²) in [6, 6.07) is 5.95. The Morgan fingerprint density at radius 1 is 1.25 bits per heavy atom. The minimum Gasteiger partial charge on any atom is -0.335 e. The van der Waals surface area contributed by atoms with E-state index in [1.165, 1.54) is 12.5 Å². The van der Waals surface area contributed by atoms with Crippen LogP contribution < -0.4 is 10.6 Å². The van der Waals surface area contributed by atoms with Gasteiger partial charge >= 0.3 is 6.03 Å². The van der Waals surface area contributed by atoms with Crippen molar-refractivity contribution in [3.63, 3.8) is 0 Å². The molecule has 2 aromatic rings. The Kier molecular flexibility index (Phi) is 6.66. The monoisotopic (exact) mass is 405 g/mol. The third-order valence-electron chi connectivity index (χ3n) is 4.96. The van der Waals surface area contributed by atoms with Crippen LogP contribution in [-0.4, -0.2) is 38.5 Å². The zero-order valence-electron chi connectivity index (χ0n) is 15.9. The van der Waals surface area contributed by atoms with Crippen LogP contribution in [0.25, 0.3) is 11.4 Å². The molecule has 0 bridgehead atoms. The molecule has 2 N–H and O–H groups in total. The molecule has 3 amide bonds. The maximum absolute atomic E-state index is 13.9. The Morgan fingerprint density at radius 2 is 2.00 bits per heavy atom. The van der Waals surface area contributed by atoms with Crippen molar-refractivity contribution in [1.82, 2.24) is 25.4 Å². The van der Waals surface area contributed by atoms with Gasteiger partial charge < -0.3 is 9.88 Å². The average Bonchev–Trinajstić information content (AvgIpc) is 3.03. The van der Waals surface area contributed by atoms with Gasteiger partial charge in [-0.05, 0) is 30.9 Å². The normalized spacial score (nSPS) is 19.2. The average molecular weight is 405 g/mol. The Morgan fingerprint density at radius 3 is 2.75 bits per heavy atom. The highest BCUT2D eigenvalue weighted by Crippen LogP contribution is 2.25. The fourth-order valence-electron chi connectivity index (χ4n) is 3.35. The molecule has 1 aromatic heterocycles. The number of urea groups is 1. The van der Waals surface area contributed by atoms with Gasteiger partial charge in [0, 0.05) is 13.1 Å². The first kappa shape index (κ1) is 20.3. The van der Waals surface area contributed by atoms with Gasteiger partial charge in [-0.1, -0.05) is 43.7 Å². The molecule has 1 fully saturated rings. The van der Waals surface area contributed by atoms with Crippen LogP contribution in [0.5, 0.6) is 0 Å². The summed E-state index contributed by atoms with van der Waals surface area (Å²) in [5.41, 5.74) is 0.342. The van der Waals surface area contributed by atoms with Gasteiger partial charge in [-0.15, -0.1) is 10.2 Å². The summed E-state index contributed by atoms with van der Waals surface area (Å²) >= 11 is 1.14. The number of hydrogen-bond acceptors (Lipinski definition) is 5. The molecule has 0 spiro atoms. The molecule has 1 saturated carbocycles. The van der Waals surface area contributed by atoms with Crippen molar-refractivity contribution in [1.29, 1.82) is 0 Å². The summed E-state index contributed by atoms with van der Waals surface area (Å²) in [6.07, 6.45) is 4.30. The second-order valence-electron chi connectivity index (χ2n) is 7.02. The van der Waals surface area contributed by atoms with E-state index in [-0.39, 0.29) is 17.6 Å². The summed E-state index contributed by atoms with van der Waals surface area (Å²) < 4.78 is 15.6. The van der Waals surface area contributed by atoms with Gasteiger partial charge in [0.05, 0.1) is 11.3 Å². The Labute approximate surface area is 167 Å². The van der Waals surface area contributed by atoms with Gasteiger partial charge in [0.1, 0.15) is 5.82 Å². The van der Waals surface area contributed by atoms with Crippen LogP contribution in [0.1, 0.15) is 32.6 Å². The zero-order chi connectivity index (χ0) is 20.1. The van der Waals surface area contributed by atoms with Crippen LogP contribution in [0.3, 0.4) is 0 Å². The summed E-state index contributed by atoms with van der Waals surface area (Å²) in [5.74, 6) is 0.00318. The fraction of sp³-hybridized carbons (Fsp3) is 0.474. The number of carbonyl (C=O) groups excluding carboxylic acids is 2. The minimum atomic E-state index is -0.464. The number of thioether (sulfide) groups is 1. The molecule has 1 heterocycles. The lowest BCUT2D eigenvalue weighted by molar-refractivity contribution is -0.117. The number of carbonyl (C=O) groups is 2. The highest BCUT2D eigenvalue weighted by Gasteiger charge is 2.23. The van der Waals surface area contributed by atoms with E-state index in [4.69, 9.17) is 0 Å². The molecule has 0 saturated heterocycles. The Hall–Kier alpha value is -2.42. The largest absolute Gasteiger partial charge is 0.335 e. The number of benzene rings is 1. The van der Waals surface area contributed by atoms with E-state index < -0.39 is 11.9 Å². The lowest BCUT2D eigenvalue weighted by Gasteiger charge is -2.29. The molecule has 9 heteroatoms. The van der Waals surface area contributed by atoms with Gasteiger partial charge in [0.25, 0.3) is 0 Å². The van der Waals surface area contributed by atoms with Crippen LogP contribution in [0.4, 0.5) is 9.18 Å². The van der Waals surface area contributed by atoms with Crippen molar-refractivity contribution in [3.05, 3.63) is 30.1 Å². The first-order valence-electron chi connectivity index (χ1n) is 9.33. The topological polar surface area (TPSA) is 88.9 Å². The number of rotatable bonds is 5. The van der Waals surface area contributed by atoms with Crippen LogP contribution in [-0.2, 0) is 11.8 Å². The molecular weight excluding hydrogens is 381 g/mol. The maximum atomic E-state index is 13.9. The number of hydrogen-bond donors (Lipinski definition) is 2. The second-order valence-corrected chi connectivity index (χ2v) is 7.97. The predicted octanol–water partition coefficient (Wildman–Crippen LogP) is 3.12. The van der Waals surface area contributed by atoms with E-state index in [1.54, 1.807) is 29.8 Å². The molecule has 0 aliphatic heterocycles. The van der Waals surface area contributed by atoms with Gasteiger partial charge in [0.2, 0.25) is 5.91 Å². The van der Waals surface area contributed by atoms with Crippen LogP contribution in [0.2, 0.25) is 0 Å². The number of imide groups is 1. The van der Waals surface area contributed by atoms with E-state index in [0.29, 0.717) is 22.5 Å². The van der Waals surface area contributed by atoms with Gasteiger partial charge in [-0.25, -0.2) is 9.18 Å². The molecule has 28 heavy (non-hydrogen) atoms. The Bertz CT molecular complexity index is 857. The summed E-state index contributed by atoms with van der Waals surface area (Å²) in [4.78, 5) is 24.1.